The largest absolute Gasteiger partial charge is 0.356 e. The van der Waals surface area contributed by atoms with Gasteiger partial charge in [-0.05, 0) is 30.9 Å². The van der Waals surface area contributed by atoms with Crippen LogP contribution in [-0.2, 0) is 17.9 Å². The molecule has 1 heterocycles. The second-order valence-electron chi connectivity index (χ2n) is 8.18. The molecule has 1 aliphatic heterocycles. The number of likely N-dealkylation sites (tertiary alicyclic amines) is 1. The molecule has 0 radical (unpaired) electrons. The molecule has 0 bridgehead atoms. The molecule has 2 aromatic carbocycles. The SMILES string of the molecule is CN=C(NCCC(=O)NCc1ccccc1)NC1CCN(Cc2ccccc2)C(C)C1.I. The van der Waals surface area contributed by atoms with Gasteiger partial charge in [0.15, 0.2) is 5.96 Å². The second-order valence-corrected chi connectivity index (χ2v) is 8.18. The van der Waals surface area contributed by atoms with Crippen molar-refractivity contribution in [2.45, 2.75) is 51.4 Å². The fourth-order valence-corrected chi connectivity index (χ4v) is 3.97. The van der Waals surface area contributed by atoms with E-state index < -0.39 is 0 Å². The summed E-state index contributed by atoms with van der Waals surface area (Å²) in [7, 11) is 1.78. The Balaban J connectivity index is 0.00000363. The summed E-state index contributed by atoms with van der Waals surface area (Å²) in [6.07, 6.45) is 2.57. The number of hydrogen-bond acceptors (Lipinski definition) is 3. The first-order chi connectivity index (χ1) is 15.1. The van der Waals surface area contributed by atoms with Crippen LogP contribution in [0.25, 0.3) is 0 Å². The van der Waals surface area contributed by atoms with Crippen molar-refractivity contribution in [2.24, 2.45) is 4.99 Å². The predicted molar refractivity (Wildman–Crippen MR) is 142 cm³/mol. The van der Waals surface area contributed by atoms with Gasteiger partial charge in [0.1, 0.15) is 0 Å². The van der Waals surface area contributed by atoms with Crippen molar-refractivity contribution in [3.8, 4) is 0 Å². The number of nitrogens with one attached hydrogen (secondary N) is 3. The first-order valence-electron chi connectivity index (χ1n) is 11.2. The number of aliphatic imine (C=N–C) groups is 1. The Bertz CT molecular complexity index is 831. The molecule has 32 heavy (non-hydrogen) atoms. The average molecular weight is 550 g/mol. The zero-order valence-electron chi connectivity index (χ0n) is 19.1. The lowest BCUT2D eigenvalue weighted by atomic mass is 9.97. The monoisotopic (exact) mass is 549 g/mol. The molecule has 174 valence electrons. The molecule has 7 heteroatoms. The summed E-state index contributed by atoms with van der Waals surface area (Å²) in [6.45, 7) is 5.48. The molecule has 0 aliphatic carbocycles. The lowest BCUT2D eigenvalue weighted by molar-refractivity contribution is -0.121. The van der Waals surface area contributed by atoms with Crippen LogP contribution < -0.4 is 16.0 Å². The van der Waals surface area contributed by atoms with Crippen molar-refractivity contribution >= 4 is 35.8 Å². The van der Waals surface area contributed by atoms with Crippen molar-refractivity contribution in [2.75, 3.05) is 20.1 Å². The zero-order chi connectivity index (χ0) is 21.9. The van der Waals surface area contributed by atoms with Crippen LogP contribution in [0.15, 0.2) is 65.7 Å². The molecule has 0 saturated carbocycles. The van der Waals surface area contributed by atoms with Gasteiger partial charge in [0, 0.05) is 51.7 Å². The number of nitrogens with zero attached hydrogens (tertiary/aromatic N) is 2. The minimum absolute atomic E-state index is 0. The zero-order valence-corrected chi connectivity index (χ0v) is 21.4. The van der Waals surface area contributed by atoms with E-state index in [-0.39, 0.29) is 29.9 Å². The molecule has 2 atom stereocenters. The number of rotatable bonds is 8. The number of benzene rings is 2. The van der Waals surface area contributed by atoms with Gasteiger partial charge in [0.25, 0.3) is 0 Å². The van der Waals surface area contributed by atoms with Gasteiger partial charge in [-0.2, -0.15) is 0 Å². The molecule has 2 unspecified atom stereocenters. The Kier molecular flexibility index (Phi) is 11.5. The highest BCUT2D eigenvalue weighted by Gasteiger charge is 2.25. The first-order valence-corrected chi connectivity index (χ1v) is 11.2. The van der Waals surface area contributed by atoms with Gasteiger partial charge < -0.3 is 16.0 Å². The van der Waals surface area contributed by atoms with Crippen LogP contribution in [0, 0.1) is 0 Å². The van der Waals surface area contributed by atoms with E-state index in [0.717, 1.165) is 37.5 Å². The maximum absolute atomic E-state index is 12.1. The van der Waals surface area contributed by atoms with E-state index in [9.17, 15) is 4.79 Å². The highest BCUT2D eigenvalue weighted by molar-refractivity contribution is 14.0. The van der Waals surface area contributed by atoms with Gasteiger partial charge in [0.2, 0.25) is 5.91 Å². The Morgan fingerprint density at radius 1 is 1.03 bits per heavy atom. The van der Waals surface area contributed by atoms with Gasteiger partial charge in [-0.3, -0.25) is 14.7 Å². The summed E-state index contributed by atoms with van der Waals surface area (Å²) in [4.78, 5) is 19.0. The van der Waals surface area contributed by atoms with Gasteiger partial charge in [-0.1, -0.05) is 60.7 Å². The first kappa shape index (κ1) is 26.1. The van der Waals surface area contributed by atoms with Gasteiger partial charge >= 0.3 is 0 Å². The summed E-state index contributed by atoms with van der Waals surface area (Å²) >= 11 is 0. The second kappa shape index (κ2) is 14.1. The molecule has 3 N–H and O–H groups in total. The van der Waals surface area contributed by atoms with Crippen LogP contribution in [0.5, 0.6) is 0 Å². The molecular weight excluding hydrogens is 513 g/mol. The Hall–Kier alpha value is -2.13. The van der Waals surface area contributed by atoms with Crippen LogP contribution in [0.3, 0.4) is 0 Å². The number of piperidine rings is 1. The molecule has 0 spiro atoms. The normalized spacial score (nSPS) is 19.0. The van der Waals surface area contributed by atoms with Crippen LogP contribution in [-0.4, -0.2) is 49.0 Å². The third kappa shape index (κ3) is 8.78. The van der Waals surface area contributed by atoms with E-state index in [1.54, 1.807) is 7.05 Å². The van der Waals surface area contributed by atoms with Crippen molar-refractivity contribution in [3.05, 3.63) is 71.8 Å². The molecule has 3 rings (SSSR count). The molecule has 6 nitrogen and oxygen atoms in total. The van der Waals surface area contributed by atoms with Crippen molar-refractivity contribution in [1.82, 2.24) is 20.9 Å². The highest BCUT2D eigenvalue weighted by Crippen LogP contribution is 2.19. The van der Waals surface area contributed by atoms with Gasteiger partial charge in [-0.25, -0.2) is 0 Å². The van der Waals surface area contributed by atoms with E-state index in [2.05, 4.69) is 63.1 Å². The number of halogens is 1. The highest BCUT2D eigenvalue weighted by atomic mass is 127. The fraction of sp³-hybridized carbons (Fsp3) is 0.440. The maximum Gasteiger partial charge on any atom is 0.222 e. The number of guanidine groups is 1. The number of carbonyl (C=O) groups excluding carboxylic acids is 1. The lowest BCUT2D eigenvalue weighted by Gasteiger charge is -2.38. The minimum atomic E-state index is 0. The predicted octanol–water partition coefficient (Wildman–Crippen LogP) is 3.53. The number of amides is 1. The molecular formula is C25H36IN5O. The molecule has 1 aliphatic rings. The Labute approximate surface area is 209 Å². The third-order valence-corrected chi connectivity index (χ3v) is 5.78. The van der Waals surface area contributed by atoms with Gasteiger partial charge in [-0.15, -0.1) is 24.0 Å². The van der Waals surface area contributed by atoms with E-state index in [1.807, 2.05) is 30.3 Å². The minimum Gasteiger partial charge on any atom is -0.356 e. The quantitative estimate of drug-likeness (QED) is 0.268. The van der Waals surface area contributed by atoms with Crippen LogP contribution >= 0.6 is 24.0 Å². The summed E-state index contributed by atoms with van der Waals surface area (Å²) < 4.78 is 0. The molecule has 1 saturated heterocycles. The van der Waals surface area contributed by atoms with E-state index in [0.29, 0.717) is 31.6 Å². The average Bonchev–Trinajstić information content (AvgIpc) is 2.80. The lowest BCUT2D eigenvalue weighted by Crippen LogP contribution is -2.51. The van der Waals surface area contributed by atoms with E-state index in [4.69, 9.17) is 0 Å². The fourth-order valence-electron chi connectivity index (χ4n) is 3.97. The van der Waals surface area contributed by atoms with Crippen molar-refractivity contribution in [1.29, 1.82) is 0 Å². The summed E-state index contributed by atoms with van der Waals surface area (Å²) in [5.41, 5.74) is 2.47. The van der Waals surface area contributed by atoms with Crippen LogP contribution in [0.4, 0.5) is 0 Å². The van der Waals surface area contributed by atoms with E-state index >= 15 is 0 Å². The number of carbonyl (C=O) groups is 1. The maximum atomic E-state index is 12.1. The molecule has 1 fully saturated rings. The van der Waals surface area contributed by atoms with Gasteiger partial charge in [0.05, 0.1) is 0 Å². The summed E-state index contributed by atoms with van der Waals surface area (Å²) in [5, 5.41) is 9.77. The Morgan fingerprint density at radius 3 is 2.31 bits per heavy atom. The third-order valence-electron chi connectivity index (χ3n) is 5.78. The molecule has 0 aromatic heterocycles. The summed E-state index contributed by atoms with van der Waals surface area (Å²) in [6, 6.07) is 21.5. The topological polar surface area (TPSA) is 68.8 Å². The van der Waals surface area contributed by atoms with Crippen LogP contribution in [0.2, 0.25) is 0 Å². The summed E-state index contributed by atoms with van der Waals surface area (Å²) in [5.74, 6) is 0.805. The van der Waals surface area contributed by atoms with Crippen molar-refractivity contribution < 1.29 is 4.79 Å². The van der Waals surface area contributed by atoms with E-state index in [1.165, 1.54) is 5.56 Å². The smallest absolute Gasteiger partial charge is 0.222 e. The van der Waals surface area contributed by atoms with Crippen LogP contribution in [0.1, 0.15) is 37.3 Å². The Morgan fingerprint density at radius 2 is 1.69 bits per heavy atom. The molecule has 2 aromatic rings. The molecule has 1 amide bonds. The number of hydrogen-bond donors (Lipinski definition) is 3. The van der Waals surface area contributed by atoms with Crippen molar-refractivity contribution in [3.63, 3.8) is 0 Å². The standard InChI is InChI=1S/C25H35N5O.HI/c1-20-17-23(14-16-30(20)19-22-11-7-4-8-12-22)29-25(26-2)27-15-13-24(31)28-18-21-9-5-3-6-10-21;/h3-12,20,23H,13-19H2,1-2H3,(H,28,31)(H2,26,27,29);1H.